The number of nitrogens with one attached hydrogen (secondary N) is 1. The maximum absolute atomic E-state index is 13.8. The fourth-order valence-electron chi connectivity index (χ4n) is 2.24. The lowest BCUT2D eigenvalue weighted by molar-refractivity contribution is 0.0683. The molecule has 2 N–H and O–H groups in total. The van der Waals surface area contributed by atoms with E-state index in [2.05, 4.69) is 5.32 Å². The largest absolute Gasteiger partial charge is 0.477 e. The van der Waals surface area contributed by atoms with Crippen LogP contribution in [0.4, 0.5) is 17.6 Å². The number of rotatable bonds is 2. The third kappa shape index (κ3) is 2.30. The Morgan fingerprint density at radius 2 is 1.63 bits per heavy atom. The van der Waals surface area contributed by atoms with E-state index in [4.69, 9.17) is 5.11 Å². The van der Waals surface area contributed by atoms with Gasteiger partial charge in [-0.2, -0.15) is 0 Å². The zero-order valence-electron chi connectivity index (χ0n) is 9.77. The molecule has 1 aromatic carbocycles. The van der Waals surface area contributed by atoms with Crippen LogP contribution < -0.4 is 5.32 Å². The molecule has 0 aromatic heterocycles. The van der Waals surface area contributed by atoms with E-state index in [0.717, 1.165) is 6.42 Å². The molecule has 1 saturated heterocycles. The number of hydrogen-bond donors (Lipinski definition) is 2. The van der Waals surface area contributed by atoms with E-state index >= 15 is 0 Å². The van der Waals surface area contributed by atoms with Gasteiger partial charge in [-0.05, 0) is 19.4 Å². The first kappa shape index (κ1) is 13.8. The van der Waals surface area contributed by atoms with Crippen molar-refractivity contribution >= 4 is 5.97 Å². The summed E-state index contributed by atoms with van der Waals surface area (Å²) in [5, 5.41) is 11.3. The lowest BCUT2D eigenvalue weighted by Crippen LogP contribution is -2.29. The van der Waals surface area contributed by atoms with Gasteiger partial charge in [0.1, 0.15) is 5.56 Å². The Balaban J connectivity index is 2.59. The van der Waals surface area contributed by atoms with Crippen LogP contribution in [-0.4, -0.2) is 17.6 Å². The summed E-state index contributed by atoms with van der Waals surface area (Å²) in [6.07, 6.45) is 1.80. The van der Waals surface area contributed by atoms with E-state index in [9.17, 15) is 22.4 Å². The molecule has 0 amide bonds. The normalized spacial score (nSPS) is 19.5. The molecule has 0 saturated carbocycles. The molecule has 1 heterocycles. The fraction of sp³-hybridized carbons (Fsp3) is 0.417. The Morgan fingerprint density at radius 1 is 1.05 bits per heavy atom. The molecular weight excluding hydrogens is 266 g/mol. The number of hydrogen-bond acceptors (Lipinski definition) is 2. The zero-order valence-corrected chi connectivity index (χ0v) is 9.77. The van der Waals surface area contributed by atoms with Crippen molar-refractivity contribution in [2.45, 2.75) is 25.3 Å². The van der Waals surface area contributed by atoms with Crippen LogP contribution in [0.3, 0.4) is 0 Å². The van der Waals surface area contributed by atoms with Gasteiger partial charge in [-0.1, -0.05) is 6.42 Å². The Kier molecular flexibility index (Phi) is 3.75. The van der Waals surface area contributed by atoms with E-state index in [1.807, 2.05) is 0 Å². The van der Waals surface area contributed by atoms with Crippen molar-refractivity contribution in [3.8, 4) is 0 Å². The number of halogens is 4. The van der Waals surface area contributed by atoms with E-state index < -0.39 is 46.4 Å². The summed E-state index contributed by atoms with van der Waals surface area (Å²) in [6, 6.07) is -0.847. The van der Waals surface area contributed by atoms with Crippen LogP contribution >= 0.6 is 0 Å². The highest BCUT2D eigenvalue weighted by Gasteiger charge is 2.32. The lowest BCUT2D eigenvalue weighted by Gasteiger charge is -2.25. The Morgan fingerprint density at radius 3 is 2.05 bits per heavy atom. The average molecular weight is 277 g/mol. The minimum absolute atomic E-state index is 0.332. The van der Waals surface area contributed by atoms with E-state index in [0.29, 0.717) is 19.4 Å². The number of piperidine rings is 1. The molecular formula is C12H11F4NO2. The van der Waals surface area contributed by atoms with Gasteiger partial charge in [0.25, 0.3) is 0 Å². The van der Waals surface area contributed by atoms with E-state index in [1.165, 1.54) is 0 Å². The molecule has 3 nitrogen and oxygen atoms in total. The summed E-state index contributed by atoms with van der Waals surface area (Å²) >= 11 is 0. The SMILES string of the molecule is O=C(O)c1c(F)c(F)c(C2CCCCN2)c(F)c1F. The van der Waals surface area contributed by atoms with Gasteiger partial charge in [0.15, 0.2) is 23.3 Å². The summed E-state index contributed by atoms with van der Waals surface area (Å²) in [5.74, 6) is -9.06. The second kappa shape index (κ2) is 5.16. The third-order valence-electron chi connectivity index (χ3n) is 3.17. The quantitative estimate of drug-likeness (QED) is 0.645. The maximum Gasteiger partial charge on any atom is 0.341 e. The molecule has 7 heteroatoms. The smallest absolute Gasteiger partial charge is 0.341 e. The van der Waals surface area contributed by atoms with Gasteiger partial charge in [0.2, 0.25) is 0 Å². The molecule has 1 unspecified atom stereocenters. The van der Waals surface area contributed by atoms with Gasteiger partial charge in [-0.25, -0.2) is 22.4 Å². The lowest BCUT2D eigenvalue weighted by atomic mass is 9.95. The Hall–Kier alpha value is -1.63. The third-order valence-corrected chi connectivity index (χ3v) is 3.17. The van der Waals surface area contributed by atoms with Crippen LogP contribution in [0, 0.1) is 23.3 Å². The molecule has 104 valence electrons. The molecule has 1 aliphatic rings. The number of benzene rings is 1. The van der Waals surface area contributed by atoms with E-state index in [-0.39, 0.29) is 0 Å². The second-order valence-electron chi connectivity index (χ2n) is 4.35. The van der Waals surface area contributed by atoms with Crippen molar-refractivity contribution in [2.24, 2.45) is 0 Å². The predicted molar refractivity (Wildman–Crippen MR) is 57.8 cm³/mol. The topological polar surface area (TPSA) is 49.3 Å². The maximum atomic E-state index is 13.8. The highest BCUT2D eigenvalue weighted by atomic mass is 19.2. The predicted octanol–water partition coefficient (Wildman–Crippen LogP) is 2.76. The average Bonchev–Trinajstić information content (AvgIpc) is 2.38. The molecule has 1 atom stereocenters. The first-order valence-corrected chi connectivity index (χ1v) is 5.77. The van der Waals surface area contributed by atoms with Crippen molar-refractivity contribution in [1.29, 1.82) is 0 Å². The van der Waals surface area contributed by atoms with Crippen LogP contribution in [0.15, 0.2) is 0 Å². The molecule has 2 rings (SSSR count). The summed E-state index contributed by atoms with van der Waals surface area (Å²) in [5.41, 5.74) is -2.37. The highest BCUT2D eigenvalue weighted by molar-refractivity contribution is 5.88. The number of carboxylic acids is 1. The van der Waals surface area contributed by atoms with E-state index in [1.54, 1.807) is 0 Å². The number of aromatic carboxylic acids is 1. The molecule has 1 aromatic rings. The van der Waals surface area contributed by atoms with Crippen LogP contribution in [0.25, 0.3) is 0 Å². The highest BCUT2D eigenvalue weighted by Crippen LogP contribution is 2.32. The van der Waals surface area contributed by atoms with Crippen LogP contribution in [-0.2, 0) is 0 Å². The van der Waals surface area contributed by atoms with Gasteiger partial charge >= 0.3 is 5.97 Å². The van der Waals surface area contributed by atoms with Gasteiger partial charge < -0.3 is 10.4 Å². The Bertz CT molecular complexity index is 498. The monoisotopic (exact) mass is 277 g/mol. The van der Waals surface area contributed by atoms with Crippen LogP contribution in [0.1, 0.15) is 41.2 Å². The summed E-state index contributed by atoms with van der Waals surface area (Å²) in [6.45, 7) is 0.480. The molecule has 0 radical (unpaired) electrons. The molecule has 1 aliphatic heterocycles. The second-order valence-corrected chi connectivity index (χ2v) is 4.35. The van der Waals surface area contributed by atoms with Gasteiger partial charge in [-0.3, -0.25) is 0 Å². The Labute approximate surface area is 106 Å². The molecule has 0 spiro atoms. The minimum Gasteiger partial charge on any atom is -0.477 e. The molecule has 0 bridgehead atoms. The van der Waals surface area contributed by atoms with Crippen LogP contribution in [0.2, 0.25) is 0 Å². The van der Waals surface area contributed by atoms with Crippen LogP contribution in [0.5, 0.6) is 0 Å². The first-order valence-electron chi connectivity index (χ1n) is 5.77. The summed E-state index contributed by atoms with van der Waals surface area (Å²) in [7, 11) is 0. The number of carbonyl (C=O) groups is 1. The minimum atomic E-state index is -2.05. The molecule has 0 aliphatic carbocycles. The van der Waals surface area contributed by atoms with Crippen molar-refractivity contribution in [2.75, 3.05) is 6.54 Å². The standard InChI is InChI=1S/C12H11F4NO2/c13-8-6(5-3-1-2-4-17-5)9(14)11(16)7(10(8)15)12(18)19/h5,17H,1-4H2,(H,18,19). The van der Waals surface area contributed by atoms with Crippen molar-refractivity contribution in [3.05, 3.63) is 34.4 Å². The number of carboxylic acid groups (broad SMARTS) is 1. The van der Waals surface area contributed by atoms with Gasteiger partial charge in [0, 0.05) is 11.6 Å². The van der Waals surface area contributed by atoms with Gasteiger partial charge in [0.05, 0.1) is 0 Å². The summed E-state index contributed by atoms with van der Waals surface area (Å²) < 4.78 is 54.6. The molecule has 19 heavy (non-hydrogen) atoms. The van der Waals surface area contributed by atoms with Crippen molar-refractivity contribution < 1.29 is 27.5 Å². The summed E-state index contributed by atoms with van der Waals surface area (Å²) in [4.78, 5) is 10.6. The van der Waals surface area contributed by atoms with Gasteiger partial charge in [-0.15, -0.1) is 0 Å². The van der Waals surface area contributed by atoms with Crippen molar-refractivity contribution in [1.82, 2.24) is 5.32 Å². The molecule has 1 fully saturated rings. The zero-order chi connectivity index (χ0) is 14.2. The first-order chi connectivity index (χ1) is 8.95. The fourth-order valence-corrected chi connectivity index (χ4v) is 2.24. The van der Waals surface area contributed by atoms with Crippen molar-refractivity contribution in [3.63, 3.8) is 0 Å².